The second-order valence-corrected chi connectivity index (χ2v) is 6.56. The van der Waals surface area contributed by atoms with Crippen LogP contribution >= 0.6 is 0 Å². The highest BCUT2D eigenvalue weighted by Crippen LogP contribution is 2.22. The fourth-order valence-electron chi connectivity index (χ4n) is 2.96. The van der Waals surface area contributed by atoms with E-state index in [0.29, 0.717) is 30.4 Å². The molecule has 2 aromatic carbocycles. The number of hydrogen-bond acceptors (Lipinski definition) is 4. The lowest BCUT2D eigenvalue weighted by molar-refractivity contribution is -0.139. The minimum absolute atomic E-state index is 0.00494. The molecule has 1 fully saturated rings. The average molecular weight is 361 g/mol. The Morgan fingerprint density at radius 1 is 1.04 bits per heavy atom. The number of H-pyrrole nitrogens is 1. The van der Waals surface area contributed by atoms with E-state index >= 15 is 0 Å². The van der Waals surface area contributed by atoms with Crippen LogP contribution in [0.1, 0.15) is 6.92 Å². The lowest BCUT2D eigenvalue weighted by Gasteiger charge is -2.37. The van der Waals surface area contributed by atoms with Crippen LogP contribution in [0.5, 0.6) is 0 Å². The molecule has 1 saturated heterocycles. The molecule has 1 aromatic heterocycles. The number of likely N-dealkylation sites (tertiary alicyclic amines) is 1. The molecule has 0 atom stereocenters. The number of nitrogens with one attached hydrogen (secondary N) is 2. The Bertz CT molecular complexity index is 960. The van der Waals surface area contributed by atoms with Crippen LogP contribution in [-0.4, -0.2) is 45.0 Å². The summed E-state index contributed by atoms with van der Waals surface area (Å²) in [6, 6.07) is 17.2. The van der Waals surface area contributed by atoms with Crippen molar-refractivity contribution in [1.29, 1.82) is 0 Å². The first-order valence-electron chi connectivity index (χ1n) is 8.75. The molecule has 0 saturated carbocycles. The molecule has 2 N–H and O–H groups in total. The van der Waals surface area contributed by atoms with E-state index in [1.54, 1.807) is 4.90 Å². The van der Waals surface area contributed by atoms with Crippen LogP contribution < -0.4 is 5.32 Å². The van der Waals surface area contributed by atoms with Crippen LogP contribution in [0.15, 0.2) is 54.6 Å². The summed E-state index contributed by atoms with van der Waals surface area (Å²) in [6.45, 7) is 2.48. The highest BCUT2D eigenvalue weighted by Gasteiger charge is 2.34. The number of nitrogens with zero attached hydrogens (tertiary/aromatic N) is 3. The van der Waals surface area contributed by atoms with E-state index in [0.717, 1.165) is 11.1 Å². The van der Waals surface area contributed by atoms with Crippen LogP contribution in [0.4, 0.5) is 5.69 Å². The Morgan fingerprint density at radius 3 is 2.41 bits per heavy atom. The third kappa shape index (κ3) is 3.57. The van der Waals surface area contributed by atoms with Crippen LogP contribution in [0.2, 0.25) is 0 Å². The molecule has 0 bridgehead atoms. The van der Waals surface area contributed by atoms with Gasteiger partial charge in [0.25, 0.3) is 0 Å². The van der Waals surface area contributed by atoms with Crippen molar-refractivity contribution in [2.75, 3.05) is 18.4 Å². The first kappa shape index (κ1) is 17.0. The number of anilines is 1. The van der Waals surface area contributed by atoms with Crippen LogP contribution in [0.25, 0.3) is 22.8 Å². The Hall–Kier alpha value is -3.48. The molecule has 2 heterocycles. The number of hydrogen-bond donors (Lipinski definition) is 2. The maximum Gasteiger partial charge on any atom is 0.231 e. The molecule has 0 radical (unpaired) electrons. The molecule has 7 nitrogen and oxygen atoms in total. The van der Waals surface area contributed by atoms with Gasteiger partial charge in [-0.3, -0.25) is 14.7 Å². The Balaban J connectivity index is 1.40. The van der Waals surface area contributed by atoms with Gasteiger partial charge in [-0.1, -0.05) is 30.3 Å². The zero-order valence-electron chi connectivity index (χ0n) is 14.8. The number of aromatic amines is 1. The van der Waals surface area contributed by atoms with Crippen LogP contribution in [0.3, 0.4) is 0 Å². The van der Waals surface area contributed by atoms with Crippen LogP contribution in [0, 0.1) is 5.92 Å². The largest absolute Gasteiger partial charge is 0.341 e. The summed E-state index contributed by atoms with van der Waals surface area (Å²) < 4.78 is 0. The molecule has 27 heavy (non-hydrogen) atoms. The van der Waals surface area contributed by atoms with E-state index in [1.165, 1.54) is 6.92 Å². The van der Waals surface area contributed by atoms with E-state index in [4.69, 9.17) is 0 Å². The first-order valence-corrected chi connectivity index (χ1v) is 8.75. The molecule has 0 spiro atoms. The second-order valence-electron chi connectivity index (χ2n) is 6.56. The summed E-state index contributed by atoms with van der Waals surface area (Å²) in [5.41, 5.74) is 2.55. The lowest BCUT2D eigenvalue weighted by atomic mass is 9.99. The summed E-state index contributed by atoms with van der Waals surface area (Å²) in [5.74, 6) is 1.11. The Morgan fingerprint density at radius 2 is 1.74 bits per heavy atom. The van der Waals surface area contributed by atoms with Gasteiger partial charge in [-0.25, -0.2) is 4.98 Å². The third-order valence-corrected chi connectivity index (χ3v) is 4.64. The molecule has 0 aliphatic carbocycles. The molecular formula is C20H19N5O2. The van der Waals surface area contributed by atoms with Crippen molar-refractivity contribution in [2.24, 2.45) is 5.92 Å². The maximum absolute atomic E-state index is 12.2. The number of aromatic nitrogens is 3. The van der Waals surface area contributed by atoms with Crippen LogP contribution in [-0.2, 0) is 9.59 Å². The van der Waals surface area contributed by atoms with E-state index in [-0.39, 0.29) is 17.7 Å². The average Bonchev–Trinajstić information content (AvgIpc) is 3.11. The van der Waals surface area contributed by atoms with Gasteiger partial charge in [0.15, 0.2) is 11.6 Å². The monoisotopic (exact) mass is 361 g/mol. The summed E-state index contributed by atoms with van der Waals surface area (Å²) in [4.78, 5) is 29.6. The van der Waals surface area contributed by atoms with Crippen molar-refractivity contribution in [1.82, 2.24) is 20.1 Å². The maximum atomic E-state index is 12.2. The predicted octanol–water partition coefficient (Wildman–Crippen LogP) is 2.56. The summed E-state index contributed by atoms with van der Waals surface area (Å²) in [7, 11) is 0. The lowest BCUT2D eigenvalue weighted by Crippen LogP contribution is -2.53. The van der Waals surface area contributed by atoms with Gasteiger partial charge in [-0.2, -0.15) is 5.10 Å². The smallest absolute Gasteiger partial charge is 0.231 e. The second kappa shape index (κ2) is 7.03. The zero-order valence-corrected chi connectivity index (χ0v) is 14.8. The van der Waals surface area contributed by atoms with E-state index < -0.39 is 0 Å². The van der Waals surface area contributed by atoms with Gasteiger partial charge in [-0.05, 0) is 24.3 Å². The van der Waals surface area contributed by atoms with Crippen molar-refractivity contribution in [3.8, 4) is 22.8 Å². The topological polar surface area (TPSA) is 91.0 Å². The quantitative estimate of drug-likeness (QED) is 0.747. The number of benzene rings is 2. The molecule has 1 aliphatic rings. The minimum Gasteiger partial charge on any atom is -0.341 e. The zero-order chi connectivity index (χ0) is 18.8. The van der Waals surface area contributed by atoms with Gasteiger partial charge in [0, 0.05) is 36.8 Å². The number of amides is 2. The highest BCUT2D eigenvalue weighted by molar-refractivity contribution is 5.94. The molecule has 1 aliphatic heterocycles. The van der Waals surface area contributed by atoms with Gasteiger partial charge in [0.05, 0.1) is 5.92 Å². The molecule has 136 valence electrons. The van der Waals surface area contributed by atoms with Gasteiger partial charge in [0.2, 0.25) is 11.8 Å². The standard InChI is InChI=1S/C20H19N5O2/c1-13(26)25-11-16(12-25)20(27)21-17-9-7-15(8-10-17)19-22-18(23-24-19)14-5-3-2-4-6-14/h2-10,16H,11-12H2,1H3,(H,21,27)(H,22,23,24). The normalized spacial score (nSPS) is 13.9. The van der Waals surface area contributed by atoms with Crippen molar-refractivity contribution >= 4 is 17.5 Å². The van der Waals surface area contributed by atoms with E-state index in [9.17, 15) is 9.59 Å². The van der Waals surface area contributed by atoms with Gasteiger partial charge in [0.1, 0.15) is 0 Å². The molecule has 0 unspecified atom stereocenters. The molecular weight excluding hydrogens is 342 g/mol. The highest BCUT2D eigenvalue weighted by atomic mass is 16.2. The Kier molecular flexibility index (Phi) is 4.42. The summed E-state index contributed by atoms with van der Waals surface area (Å²) in [5, 5.41) is 10.1. The van der Waals surface area contributed by atoms with Gasteiger partial charge >= 0.3 is 0 Å². The molecule has 2 amide bonds. The predicted molar refractivity (Wildman–Crippen MR) is 102 cm³/mol. The van der Waals surface area contributed by atoms with E-state index in [1.807, 2.05) is 54.6 Å². The fourth-order valence-corrected chi connectivity index (χ4v) is 2.96. The molecule has 4 rings (SSSR count). The number of rotatable bonds is 4. The minimum atomic E-state index is -0.142. The Labute approximate surface area is 156 Å². The first-order chi connectivity index (χ1) is 13.1. The number of carbonyl (C=O) groups excluding carboxylic acids is 2. The van der Waals surface area contributed by atoms with Crippen molar-refractivity contribution < 1.29 is 9.59 Å². The van der Waals surface area contributed by atoms with Crippen molar-refractivity contribution in [2.45, 2.75) is 6.92 Å². The SMILES string of the molecule is CC(=O)N1CC(C(=O)Nc2ccc(-c3nc(-c4ccccc4)n[nH]3)cc2)C1. The summed E-state index contributed by atoms with van der Waals surface area (Å²) in [6.07, 6.45) is 0. The molecule has 7 heteroatoms. The summed E-state index contributed by atoms with van der Waals surface area (Å²) >= 11 is 0. The third-order valence-electron chi connectivity index (χ3n) is 4.64. The van der Waals surface area contributed by atoms with Crippen molar-refractivity contribution in [3.05, 3.63) is 54.6 Å². The van der Waals surface area contributed by atoms with E-state index in [2.05, 4.69) is 20.5 Å². The number of carbonyl (C=O) groups is 2. The fraction of sp³-hybridized carbons (Fsp3) is 0.200. The molecule has 3 aromatic rings. The van der Waals surface area contributed by atoms with Gasteiger partial charge in [-0.15, -0.1) is 0 Å². The van der Waals surface area contributed by atoms with Crippen molar-refractivity contribution in [3.63, 3.8) is 0 Å². The van der Waals surface area contributed by atoms with Gasteiger partial charge < -0.3 is 10.2 Å².